The molecule has 1 unspecified atom stereocenters. The fourth-order valence-electron chi connectivity index (χ4n) is 1.95. The van der Waals surface area contributed by atoms with E-state index in [9.17, 15) is 18.3 Å². The van der Waals surface area contributed by atoms with Gasteiger partial charge in [-0.2, -0.15) is 13.2 Å². The van der Waals surface area contributed by atoms with Gasteiger partial charge < -0.3 is 9.67 Å². The zero-order chi connectivity index (χ0) is 14.0. The van der Waals surface area contributed by atoms with E-state index in [4.69, 9.17) is 0 Å². The molecule has 6 heteroatoms. The van der Waals surface area contributed by atoms with E-state index in [2.05, 4.69) is 4.98 Å². The Morgan fingerprint density at radius 3 is 2.32 bits per heavy atom. The quantitative estimate of drug-likeness (QED) is 0.930. The van der Waals surface area contributed by atoms with E-state index in [1.807, 2.05) is 0 Å². The van der Waals surface area contributed by atoms with Gasteiger partial charge >= 0.3 is 6.18 Å². The lowest BCUT2D eigenvalue weighted by atomic mass is 9.98. The molecule has 1 heterocycles. The molecule has 0 bridgehead atoms. The monoisotopic (exact) mass is 270 g/mol. The predicted molar refractivity (Wildman–Crippen MR) is 63.6 cm³/mol. The average Bonchev–Trinajstić information content (AvgIpc) is 2.76. The highest BCUT2D eigenvalue weighted by Crippen LogP contribution is 2.31. The Hall–Kier alpha value is -1.82. The van der Waals surface area contributed by atoms with Crippen molar-refractivity contribution in [2.45, 2.75) is 12.1 Å². The van der Waals surface area contributed by atoms with Crippen LogP contribution in [0.15, 0.2) is 36.7 Å². The van der Waals surface area contributed by atoms with Crippen molar-refractivity contribution in [1.82, 2.24) is 9.55 Å². The third-order valence-corrected chi connectivity index (χ3v) is 2.99. The molecular formula is C13H13F3N2O. The summed E-state index contributed by atoms with van der Waals surface area (Å²) in [6.45, 7) is -0.212. The number of alkyl halides is 3. The first-order valence-electron chi connectivity index (χ1n) is 5.68. The maximum atomic E-state index is 12.5. The summed E-state index contributed by atoms with van der Waals surface area (Å²) < 4.78 is 39.2. The van der Waals surface area contributed by atoms with Crippen LogP contribution in [-0.2, 0) is 13.2 Å². The van der Waals surface area contributed by atoms with Crippen molar-refractivity contribution in [3.05, 3.63) is 53.6 Å². The Labute approximate surface area is 108 Å². The van der Waals surface area contributed by atoms with Gasteiger partial charge in [0.2, 0.25) is 0 Å². The fraction of sp³-hybridized carbons (Fsp3) is 0.308. The maximum Gasteiger partial charge on any atom is 0.416 e. The van der Waals surface area contributed by atoms with Crippen LogP contribution >= 0.6 is 0 Å². The van der Waals surface area contributed by atoms with Crippen LogP contribution in [0.3, 0.4) is 0 Å². The second-order valence-electron chi connectivity index (χ2n) is 4.25. The summed E-state index contributed by atoms with van der Waals surface area (Å²) >= 11 is 0. The van der Waals surface area contributed by atoms with Crippen molar-refractivity contribution < 1.29 is 18.3 Å². The van der Waals surface area contributed by atoms with Crippen molar-refractivity contribution in [3.63, 3.8) is 0 Å². The van der Waals surface area contributed by atoms with Crippen LogP contribution in [-0.4, -0.2) is 21.3 Å². The molecule has 2 rings (SSSR count). The number of benzene rings is 1. The van der Waals surface area contributed by atoms with E-state index in [0.29, 0.717) is 11.4 Å². The molecule has 0 saturated heterocycles. The Kier molecular flexibility index (Phi) is 3.61. The predicted octanol–water partition coefficient (Wildman–Crippen LogP) is 2.56. The number of aryl methyl sites for hydroxylation is 1. The number of hydrogen-bond donors (Lipinski definition) is 1. The summed E-state index contributed by atoms with van der Waals surface area (Å²) in [5.74, 6) is 0.185. The van der Waals surface area contributed by atoms with E-state index in [1.165, 1.54) is 12.1 Å². The first-order valence-corrected chi connectivity index (χ1v) is 5.68. The normalized spacial score (nSPS) is 13.5. The maximum absolute atomic E-state index is 12.5. The third-order valence-electron chi connectivity index (χ3n) is 2.99. The molecule has 0 aliphatic heterocycles. The number of aromatic nitrogens is 2. The lowest BCUT2D eigenvalue weighted by Gasteiger charge is -2.15. The van der Waals surface area contributed by atoms with E-state index in [-0.39, 0.29) is 6.61 Å². The van der Waals surface area contributed by atoms with Gasteiger partial charge in [0.05, 0.1) is 18.1 Å². The number of nitrogens with zero attached hydrogens (tertiary/aromatic N) is 2. The smallest absolute Gasteiger partial charge is 0.395 e. The summed E-state index contributed by atoms with van der Waals surface area (Å²) in [6.07, 6.45) is -1.04. The van der Waals surface area contributed by atoms with Crippen molar-refractivity contribution >= 4 is 0 Å². The van der Waals surface area contributed by atoms with Gasteiger partial charge in [0.15, 0.2) is 0 Å². The van der Waals surface area contributed by atoms with E-state index in [1.54, 1.807) is 24.0 Å². The molecule has 0 aliphatic carbocycles. The topological polar surface area (TPSA) is 38.0 Å². The van der Waals surface area contributed by atoms with Crippen LogP contribution in [0, 0.1) is 0 Å². The Bertz CT molecular complexity index is 546. The Balaban J connectivity index is 2.33. The molecule has 3 nitrogen and oxygen atoms in total. The molecule has 0 radical (unpaired) electrons. The summed E-state index contributed by atoms with van der Waals surface area (Å²) in [4.78, 5) is 4.12. The highest BCUT2D eigenvalue weighted by atomic mass is 19.4. The Morgan fingerprint density at radius 1 is 1.26 bits per heavy atom. The van der Waals surface area contributed by atoms with Crippen LogP contribution < -0.4 is 0 Å². The third kappa shape index (κ3) is 2.78. The molecule has 0 saturated carbocycles. The van der Waals surface area contributed by atoms with Gasteiger partial charge in [-0.15, -0.1) is 0 Å². The van der Waals surface area contributed by atoms with Gasteiger partial charge in [0.25, 0.3) is 0 Å². The zero-order valence-electron chi connectivity index (χ0n) is 10.2. The molecule has 0 fully saturated rings. The van der Waals surface area contributed by atoms with Gasteiger partial charge in [-0.25, -0.2) is 4.98 Å². The van der Waals surface area contributed by atoms with Crippen LogP contribution in [0.1, 0.15) is 22.9 Å². The molecule has 19 heavy (non-hydrogen) atoms. The van der Waals surface area contributed by atoms with Gasteiger partial charge in [-0.3, -0.25) is 0 Å². The standard InChI is InChI=1S/C13H13F3N2O/c1-18-7-6-17-12(18)11(8-19)9-2-4-10(5-3-9)13(14,15)16/h2-7,11,19H,8H2,1H3. The van der Waals surface area contributed by atoms with Crippen molar-refractivity contribution in [2.75, 3.05) is 6.61 Å². The molecular weight excluding hydrogens is 257 g/mol. The first-order chi connectivity index (χ1) is 8.93. The number of aliphatic hydroxyl groups excluding tert-OH is 1. The minimum atomic E-state index is -4.35. The molecule has 102 valence electrons. The number of imidazole rings is 1. The minimum Gasteiger partial charge on any atom is -0.395 e. The minimum absolute atomic E-state index is 0.212. The molecule has 0 spiro atoms. The van der Waals surface area contributed by atoms with E-state index < -0.39 is 17.7 Å². The number of halogens is 3. The fourth-order valence-corrected chi connectivity index (χ4v) is 1.95. The van der Waals surface area contributed by atoms with Crippen molar-refractivity contribution in [2.24, 2.45) is 7.05 Å². The van der Waals surface area contributed by atoms with Crippen LogP contribution in [0.2, 0.25) is 0 Å². The van der Waals surface area contributed by atoms with E-state index in [0.717, 1.165) is 12.1 Å². The number of aliphatic hydroxyl groups is 1. The lowest BCUT2D eigenvalue weighted by Crippen LogP contribution is -2.12. The second-order valence-corrected chi connectivity index (χ2v) is 4.25. The van der Waals surface area contributed by atoms with Crippen LogP contribution in [0.5, 0.6) is 0 Å². The summed E-state index contributed by atoms with van der Waals surface area (Å²) in [5.41, 5.74) is -0.0995. The SMILES string of the molecule is Cn1ccnc1C(CO)c1ccc(C(F)(F)F)cc1. The molecule has 2 aromatic rings. The molecule has 1 aromatic carbocycles. The number of hydrogen-bond acceptors (Lipinski definition) is 2. The molecule has 0 amide bonds. The molecule has 0 aliphatic rings. The highest BCUT2D eigenvalue weighted by molar-refractivity contribution is 5.30. The van der Waals surface area contributed by atoms with Gasteiger partial charge in [0, 0.05) is 19.4 Å². The summed E-state index contributed by atoms with van der Waals surface area (Å²) in [7, 11) is 1.77. The van der Waals surface area contributed by atoms with Crippen molar-refractivity contribution in [3.8, 4) is 0 Å². The van der Waals surface area contributed by atoms with Gasteiger partial charge in [0.1, 0.15) is 5.82 Å². The molecule has 1 atom stereocenters. The Morgan fingerprint density at radius 2 is 1.89 bits per heavy atom. The van der Waals surface area contributed by atoms with Crippen molar-refractivity contribution in [1.29, 1.82) is 0 Å². The van der Waals surface area contributed by atoms with Crippen LogP contribution in [0.25, 0.3) is 0 Å². The van der Waals surface area contributed by atoms with Gasteiger partial charge in [-0.05, 0) is 17.7 Å². The van der Waals surface area contributed by atoms with E-state index >= 15 is 0 Å². The summed E-state index contributed by atoms with van der Waals surface area (Å²) in [6, 6.07) is 4.78. The lowest BCUT2D eigenvalue weighted by molar-refractivity contribution is -0.137. The zero-order valence-corrected chi connectivity index (χ0v) is 10.2. The summed E-state index contributed by atoms with van der Waals surface area (Å²) in [5, 5.41) is 9.43. The van der Waals surface area contributed by atoms with Gasteiger partial charge in [-0.1, -0.05) is 12.1 Å². The molecule has 1 N–H and O–H groups in total. The first kappa shape index (κ1) is 13.6. The largest absolute Gasteiger partial charge is 0.416 e. The highest BCUT2D eigenvalue weighted by Gasteiger charge is 2.30. The molecule has 1 aromatic heterocycles. The number of rotatable bonds is 3. The second kappa shape index (κ2) is 5.05. The average molecular weight is 270 g/mol. The van der Waals surface area contributed by atoms with Crippen LogP contribution in [0.4, 0.5) is 13.2 Å².